The first-order valence-electron chi connectivity index (χ1n) is 2.29. The molecule has 0 aromatic carbocycles. The standard InChI is InChI=1S/C3H6.2CH2O3.CH4/c1-3-2;2*2-1(3)4;/h3H,1H2,2H3;2*(H2,2,3,4);1H4. The molecule has 74 valence electrons. The van der Waals surface area contributed by atoms with Gasteiger partial charge in [-0.2, -0.15) is 0 Å². The Kier molecular flexibility index (Phi) is 42.7. The quantitative estimate of drug-likeness (QED) is 0.427. The van der Waals surface area contributed by atoms with Crippen LogP contribution in [-0.4, -0.2) is 32.7 Å². The van der Waals surface area contributed by atoms with Crippen LogP contribution in [0.4, 0.5) is 9.59 Å². The molecule has 6 nitrogen and oxygen atoms in total. The van der Waals surface area contributed by atoms with E-state index in [9.17, 15) is 0 Å². The molecule has 4 N–H and O–H groups in total. The highest BCUT2D eigenvalue weighted by Gasteiger charge is 1.70. The third-order valence-electron chi connectivity index (χ3n) is 0. The average Bonchev–Trinajstić information content (AvgIpc) is 1.60. The molecule has 12 heavy (non-hydrogen) atoms. The van der Waals surface area contributed by atoms with Crippen LogP contribution in [0.2, 0.25) is 0 Å². The predicted octanol–water partition coefficient (Wildman–Crippen LogP) is 2.27. The first kappa shape index (κ1) is 22.4. The summed E-state index contributed by atoms with van der Waals surface area (Å²) >= 11 is 0. The SMILES string of the molecule is C.C=CC.O=C(O)O.O=C(O)O. The van der Waals surface area contributed by atoms with E-state index in [1.165, 1.54) is 0 Å². The van der Waals surface area contributed by atoms with Crippen molar-refractivity contribution in [2.24, 2.45) is 0 Å². The largest absolute Gasteiger partial charge is 0.503 e. The fourth-order valence-corrected chi connectivity index (χ4v) is 0. The smallest absolute Gasteiger partial charge is 0.450 e. The molecule has 0 amide bonds. The Morgan fingerprint density at radius 1 is 1.08 bits per heavy atom. The Morgan fingerprint density at radius 2 is 1.08 bits per heavy atom. The number of hydrogen-bond acceptors (Lipinski definition) is 2. The van der Waals surface area contributed by atoms with Gasteiger partial charge < -0.3 is 20.4 Å². The van der Waals surface area contributed by atoms with Crippen LogP contribution in [0.15, 0.2) is 12.7 Å². The summed E-state index contributed by atoms with van der Waals surface area (Å²) in [6.45, 7) is 5.25. The topological polar surface area (TPSA) is 115 Å². The number of rotatable bonds is 0. The fourth-order valence-electron chi connectivity index (χ4n) is 0. The average molecular weight is 182 g/mol. The van der Waals surface area contributed by atoms with Crippen molar-refractivity contribution in [2.75, 3.05) is 0 Å². The maximum atomic E-state index is 8.56. The summed E-state index contributed by atoms with van der Waals surface area (Å²) < 4.78 is 0. The number of allylic oxidation sites excluding steroid dienone is 1. The summed E-state index contributed by atoms with van der Waals surface area (Å²) in [5.74, 6) is 0. The van der Waals surface area contributed by atoms with Crippen LogP contribution in [0.1, 0.15) is 14.4 Å². The highest BCUT2D eigenvalue weighted by molar-refractivity contribution is 5.53. The second-order valence-corrected chi connectivity index (χ2v) is 0.973. The lowest BCUT2D eigenvalue weighted by Gasteiger charge is -1.60. The molecule has 0 bridgehead atoms. The molecule has 6 heteroatoms. The van der Waals surface area contributed by atoms with E-state index in [4.69, 9.17) is 30.0 Å². The number of hydrogen-bond donors (Lipinski definition) is 4. The van der Waals surface area contributed by atoms with Gasteiger partial charge in [-0.15, -0.1) is 6.58 Å². The molecule has 0 unspecified atom stereocenters. The molecule has 0 fully saturated rings. The zero-order valence-electron chi connectivity index (χ0n) is 5.89. The van der Waals surface area contributed by atoms with Crippen LogP contribution >= 0.6 is 0 Å². The van der Waals surface area contributed by atoms with Crippen LogP contribution in [0.25, 0.3) is 0 Å². The van der Waals surface area contributed by atoms with Gasteiger partial charge in [-0.25, -0.2) is 9.59 Å². The van der Waals surface area contributed by atoms with Crippen molar-refractivity contribution in [2.45, 2.75) is 14.4 Å². The van der Waals surface area contributed by atoms with Crippen molar-refractivity contribution in [3.8, 4) is 0 Å². The molecule has 0 aliphatic carbocycles. The van der Waals surface area contributed by atoms with E-state index in [1.807, 2.05) is 6.92 Å². The Bertz CT molecular complexity index is 99.2. The minimum absolute atomic E-state index is 0. The third kappa shape index (κ3) is 148. The van der Waals surface area contributed by atoms with E-state index in [1.54, 1.807) is 6.08 Å². The van der Waals surface area contributed by atoms with Crippen molar-refractivity contribution < 1.29 is 30.0 Å². The van der Waals surface area contributed by atoms with Crippen LogP contribution in [0.3, 0.4) is 0 Å². The van der Waals surface area contributed by atoms with Gasteiger partial charge in [0.1, 0.15) is 0 Å². The molecule has 0 radical (unpaired) electrons. The van der Waals surface area contributed by atoms with E-state index < -0.39 is 12.3 Å². The predicted molar refractivity (Wildman–Crippen MR) is 43.9 cm³/mol. The van der Waals surface area contributed by atoms with E-state index in [-0.39, 0.29) is 7.43 Å². The second-order valence-electron chi connectivity index (χ2n) is 0.973. The molecule has 0 heterocycles. The third-order valence-corrected chi connectivity index (χ3v) is 0. The molecule has 0 rings (SSSR count). The summed E-state index contributed by atoms with van der Waals surface area (Å²) in [6, 6.07) is 0. The summed E-state index contributed by atoms with van der Waals surface area (Å²) in [7, 11) is 0. The number of carbonyl (C=O) groups is 2. The molecule has 0 aromatic heterocycles. The summed E-state index contributed by atoms with van der Waals surface area (Å²) in [5, 5.41) is 27.9. The van der Waals surface area contributed by atoms with Crippen molar-refractivity contribution in [1.82, 2.24) is 0 Å². The monoisotopic (exact) mass is 182 g/mol. The molecule has 0 aromatic rings. The van der Waals surface area contributed by atoms with E-state index in [0.29, 0.717) is 0 Å². The highest BCUT2D eigenvalue weighted by Crippen LogP contribution is 1.43. The minimum atomic E-state index is -1.83. The summed E-state index contributed by atoms with van der Waals surface area (Å²) in [6.07, 6.45) is -1.92. The van der Waals surface area contributed by atoms with Gasteiger partial charge in [0.15, 0.2) is 0 Å². The van der Waals surface area contributed by atoms with Gasteiger partial charge in [0.05, 0.1) is 0 Å². The lowest BCUT2D eigenvalue weighted by molar-refractivity contribution is 0.135. The lowest BCUT2D eigenvalue weighted by atomic mass is 10.8. The van der Waals surface area contributed by atoms with E-state index in [0.717, 1.165) is 0 Å². The maximum Gasteiger partial charge on any atom is 0.503 e. The molecular formula is C6H14O6. The highest BCUT2D eigenvalue weighted by atomic mass is 16.6. The Labute approximate surface area is 70.4 Å². The van der Waals surface area contributed by atoms with Gasteiger partial charge >= 0.3 is 12.3 Å². The molecule has 0 saturated heterocycles. The Balaban J connectivity index is -0.0000000389. The maximum absolute atomic E-state index is 8.56. The van der Waals surface area contributed by atoms with Gasteiger partial charge in [0, 0.05) is 0 Å². The van der Waals surface area contributed by atoms with Crippen molar-refractivity contribution in [1.29, 1.82) is 0 Å². The van der Waals surface area contributed by atoms with Gasteiger partial charge in [-0.05, 0) is 6.92 Å². The zero-order valence-corrected chi connectivity index (χ0v) is 5.89. The normalized spacial score (nSPS) is 5.08. The van der Waals surface area contributed by atoms with Gasteiger partial charge in [-0.3, -0.25) is 0 Å². The lowest BCUT2D eigenvalue weighted by Crippen LogP contribution is -1.81. The minimum Gasteiger partial charge on any atom is -0.450 e. The summed E-state index contributed by atoms with van der Waals surface area (Å²) in [5.41, 5.74) is 0. The number of carboxylic acid groups (broad SMARTS) is 4. The van der Waals surface area contributed by atoms with Crippen molar-refractivity contribution >= 4 is 12.3 Å². The van der Waals surface area contributed by atoms with Crippen LogP contribution in [0, 0.1) is 0 Å². The summed E-state index contributed by atoms with van der Waals surface area (Å²) in [4.78, 5) is 17.1. The van der Waals surface area contributed by atoms with E-state index >= 15 is 0 Å². The van der Waals surface area contributed by atoms with Crippen LogP contribution in [-0.2, 0) is 0 Å². The molecule has 0 aliphatic heterocycles. The second kappa shape index (κ2) is 22.8. The molecule has 0 aliphatic rings. The van der Waals surface area contributed by atoms with Gasteiger partial charge in [0.2, 0.25) is 0 Å². The van der Waals surface area contributed by atoms with E-state index in [2.05, 4.69) is 6.58 Å². The van der Waals surface area contributed by atoms with Gasteiger partial charge in [0.25, 0.3) is 0 Å². The van der Waals surface area contributed by atoms with Gasteiger partial charge in [-0.1, -0.05) is 13.5 Å². The Hall–Kier alpha value is -1.72. The fraction of sp³-hybridized carbons (Fsp3) is 0.333. The van der Waals surface area contributed by atoms with Crippen molar-refractivity contribution in [3.63, 3.8) is 0 Å². The molecule has 0 atom stereocenters. The van der Waals surface area contributed by atoms with Crippen molar-refractivity contribution in [3.05, 3.63) is 12.7 Å². The first-order valence-corrected chi connectivity index (χ1v) is 2.29. The molecular weight excluding hydrogens is 168 g/mol. The first-order chi connectivity index (χ1) is 4.88. The van der Waals surface area contributed by atoms with Crippen LogP contribution in [0.5, 0.6) is 0 Å². The molecule has 0 spiro atoms. The molecule has 0 saturated carbocycles. The Morgan fingerprint density at radius 3 is 1.08 bits per heavy atom. The van der Waals surface area contributed by atoms with Crippen LogP contribution < -0.4 is 0 Å². The zero-order chi connectivity index (χ0) is 9.86.